The van der Waals surface area contributed by atoms with Crippen LogP contribution in [0.2, 0.25) is 0 Å². The van der Waals surface area contributed by atoms with Crippen LogP contribution in [0.3, 0.4) is 0 Å². The SMILES string of the molecule is CN(C)CCCNS(=O)(=O)CCCCC(CC(F)(C(F)(F)F)C(F)(F)F)C(F)(F)F. The summed E-state index contributed by atoms with van der Waals surface area (Å²) < 4.78 is 153. The van der Waals surface area contributed by atoms with Gasteiger partial charge in [-0.2, -0.15) is 39.5 Å². The molecule has 0 spiro atoms. The average Bonchev–Trinajstić information content (AvgIpc) is 2.51. The Bertz CT molecular complexity index is 600. The summed E-state index contributed by atoms with van der Waals surface area (Å²) in [5, 5.41) is 0. The van der Waals surface area contributed by atoms with Crippen molar-refractivity contribution in [1.29, 1.82) is 0 Å². The van der Waals surface area contributed by atoms with E-state index in [9.17, 15) is 52.3 Å². The molecule has 1 N–H and O–H groups in total. The van der Waals surface area contributed by atoms with Gasteiger partial charge >= 0.3 is 18.5 Å². The number of alkyl halides is 10. The Hall–Kier alpha value is -0.830. The molecule has 0 saturated carbocycles. The summed E-state index contributed by atoms with van der Waals surface area (Å²) in [4.78, 5) is 1.78. The zero-order valence-electron chi connectivity index (χ0n) is 16.2. The highest BCUT2D eigenvalue weighted by molar-refractivity contribution is 7.89. The van der Waals surface area contributed by atoms with E-state index in [4.69, 9.17) is 0 Å². The first-order valence-electron chi connectivity index (χ1n) is 8.74. The third-order valence-corrected chi connectivity index (χ3v) is 5.68. The second-order valence-electron chi connectivity index (χ2n) is 7.11. The van der Waals surface area contributed by atoms with Crippen LogP contribution >= 0.6 is 0 Å². The quantitative estimate of drug-likeness (QED) is 0.328. The van der Waals surface area contributed by atoms with Crippen molar-refractivity contribution < 1.29 is 52.3 Å². The third-order valence-electron chi connectivity index (χ3n) is 4.21. The molecule has 0 aromatic carbocycles. The highest BCUT2D eigenvalue weighted by Crippen LogP contribution is 2.52. The van der Waals surface area contributed by atoms with Crippen molar-refractivity contribution in [2.45, 2.75) is 56.3 Å². The summed E-state index contributed by atoms with van der Waals surface area (Å²) >= 11 is 0. The minimum Gasteiger partial charge on any atom is -0.309 e. The number of nitrogens with one attached hydrogen (secondary N) is 1. The summed E-state index contributed by atoms with van der Waals surface area (Å²) in [7, 11) is -0.388. The Labute approximate surface area is 168 Å². The van der Waals surface area contributed by atoms with Crippen LogP contribution in [0.4, 0.5) is 43.9 Å². The Balaban J connectivity index is 4.93. The number of halogens is 10. The summed E-state index contributed by atoms with van der Waals surface area (Å²) in [5.74, 6) is -3.92. The van der Waals surface area contributed by atoms with E-state index in [1.165, 1.54) is 0 Å². The van der Waals surface area contributed by atoms with Crippen molar-refractivity contribution >= 4 is 10.0 Å². The second-order valence-corrected chi connectivity index (χ2v) is 9.03. The minimum absolute atomic E-state index is 0.0488. The van der Waals surface area contributed by atoms with Crippen molar-refractivity contribution in [2.75, 3.05) is 32.9 Å². The van der Waals surface area contributed by atoms with E-state index in [2.05, 4.69) is 4.72 Å². The van der Waals surface area contributed by atoms with Gasteiger partial charge in [-0.05, 0) is 39.9 Å². The van der Waals surface area contributed by atoms with Crippen LogP contribution in [0.1, 0.15) is 32.1 Å². The molecular weight excluding hydrogens is 462 g/mol. The zero-order chi connectivity index (χ0) is 24.0. The molecule has 0 fully saturated rings. The van der Waals surface area contributed by atoms with E-state index in [-0.39, 0.29) is 6.54 Å². The van der Waals surface area contributed by atoms with E-state index in [0.29, 0.717) is 13.0 Å². The maximum atomic E-state index is 13.7. The number of rotatable bonds is 12. The van der Waals surface area contributed by atoms with Gasteiger partial charge in [0.05, 0.1) is 11.7 Å². The van der Waals surface area contributed by atoms with Gasteiger partial charge in [-0.25, -0.2) is 17.5 Å². The maximum Gasteiger partial charge on any atom is 0.431 e. The molecule has 1 unspecified atom stereocenters. The molecule has 0 bridgehead atoms. The number of nitrogens with zero attached hydrogens (tertiary/aromatic N) is 1. The van der Waals surface area contributed by atoms with Gasteiger partial charge in [0.25, 0.3) is 5.67 Å². The molecule has 182 valence electrons. The average molecular weight is 486 g/mol. The topological polar surface area (TPSA) is 49.4 Å². The number of hydrogen-bond donors (Lipinski definition) is 1. The zero-order valence-corrected chi connectivity index (χ0v) is 17.0. The van der Waals surface area contributed by atoms with Gasteiger partial charge in [0.15, 0.2) is 0 Å². The van der Waals surface area contributed by atoms with Gasteiger partial charge < -0.3 is 4.90 Å². The molecule has 0 radical (unpaired) electrons. The molecule has 0 saturated heterocycles. The van der Waals surface area contributed by atoms with Crippen LogP contribution in [-0.2, 0) is 10.0 Å². The second kappa shape index (κ2) is 10.7. The lowest BCUT2D eigenvalue weighted by molar-refractivity contribution is -0.352. The molecule has 0 heterocycles. The summed E-state index contributed by atoms with van der Waals surface area (Å²) in [6.45, 7) is 0.604. The van der Waals surface area contributed by atoms with Crippen LogP contribution in [-0.4, -0.2) is 70.5 Å². The van der Waals surface area contributed by atoms with E-state index < -0.39 is 71.6 Å². The normalized spacial score (nSPS) is 15.6. The van der Waals surface area contributed by atoms with Crippen molar-refractivity contribution in [3.8, 4) is 0 Å². The van der Waals surface area contributed by atoms with Crippen molar-refractivity contribution in [2.24, 2.45) is 5.92 Å². The fourth-order valence-corrected chi connectivity index (χ4v) is 3.67. The minimum atomic E-state index is -6.59. The summed E-state index contributed by atoms with van der Waals surface area (Å²) in [5.41, 5.74) is -6.03. The van der Waals surface area contributed by atoms with Gasteiger partial charge in [-0.15, -0.1) is 0 Å². The molecule has 0 aliphatic carbocycles. The standard InChI is InChI=1S/C15H24F10N2O2S/c1-27(2)8-5-7-26-30(28,29)9-4-3-6-11(13(17,18)19)10-12(16,14(20,21)22)15(23,24)25/h11,26H,3-10H2,1-2H3. The predicted octanol–water partition coefficient (Wildman–Crippen LogP) is 4.43. The summed E-state index contributed by atoms with van der Waals surface area (Å²) in [6.07, 6.45) is -23.5. The van der Waals surface area contributed by atoms with E-state index >= 15 is 0 Å². The molecular formula is C15H24F10N2O2S. The molecule has 0 aliphatic heterocycles. The van der Waals surface area contributed by atoms with Crippen molar-refractivity contribution in [3.63, 3.8) is 0 Å². The van der Waals surface area contributed by atoms with Crippen LogP contribution in [0.25, 0.3) is 0 Å². The molecule has 0 aromatic rings. The van der Waals surface area contributed by atoms with Crippen LogP contribution < -0.4 is 4.72 Å². The lowest BCUT2D eigenvalue weighted by Gasteiger charge is -2.33. The molecule has 15 heteroatoms. The Kier molecular flexibility index (Phi) is 10.4. The largest absolute Gasteiger partial charge is 0.431 e. The highest BCUT2D eigenvalue weighted by atomic mass is 32.2. The van der Waals surface area contributed by atoms with Crippen molar-refractivity contribution in [3.05, 3.63) is 0 Å². The fraction of sp³-hybridized carbons (Fsp3) is 1.00. The molecule has 0 aliphatic rings. The molecule has 1 atom stereocenters. The first-order valence-corrected chi connectivity index (χ1v) is 10.4. The lowest BCUT2D eigenvalue weighted by atomic mass is 9.87. The van der Waals surface area contributed by atoms with E-state index in [1.54, 1.807) is 19.0 Å². The van der Waals surface area contributed by atoms with Gasteiger partial charge in [-0.3, -0.25) is 0 Å². The first-order chi connectivity index (χ1) is 13.2. The number of unbranched alkanes of at least 4 members (excludes halogenated alkanes) is 1. The molecule has 30 heavy (non-hydrogen) atoms. The third kappa shape index (κ3) is 9.54. The first kappa shape index (κ1) is 29.2. The van der Waals surface area contributed by atoms with Gasteiger partial charge in [0, 0.05) is 13.0 Å². The van der Waals surface area contributed by atoms with Crippen LogP contribution in [0, 0.1) is 5.92 Å². The molecule has 4 nitrogen and oxygen atoms in total. The van der Waals surface area contributed by atoms with Gasteiger partial charge in [0.2, 0.25) is 10.0 Å². The molecule has 0 amide bonds. The molecule has 0 aromatic heterocycles. The Morgan fingerprint density at radius 1 is 0.833 bits per heavy atom. The van der Waals surface area contributed by atoms with E-state index in [0.717, 1.165) is 0 Å². The van der Waals surface area contributed by atoms with Crippen LogP contribution in [0.15, 0.2) is 0 Å². The Morgan fingerprint density at radius 3 is 1.73 bits per heavy atom. The Morgan fingerprint density at radius 2 is 1.33 bits per heavy atom. The van der Waals surface area contributed by atoms with Crippen LogP contribution in [0.5, 0.6) is 0 Å². The fourth-order valence-electron chi connectivity index (χ4n) is 2.49. The monoisotopic (exact) mass is 486 g/mol. The van der Waals surface area contributed by atoms with Gasteiger partial charge in [0.1, 0.15) is 0 Å². The number of sulfonamides is 1. The van der Waals surface area contributed by atoms with E-state index in [1.807, 2.05) is 0 Å². The maximum absolute atomic E-state index is 13.7. The highest BCUT2D eigenvalue weighted by Gasteiger charge is 2.73. The molecule has 0 rings (SSSR count). The lowest BCUT2D eigenvalue weighted by Crippen LogP contribution is -2.55. The predicted molar refractivity (Wildman–Crippen MR) is 88.9 cm³/mol. The van der Waals surface area contributed by atoms with Gasteiger partial charge in [-0.1, -0.05) is 6.42 Å². The van der Waals surface area contributed by atoms with Crippen molar-refractivity contribution in [1.82, 2.24) is 9.62 Å². The summed E-state index contributed by atoms with van der Waals surface area (Å²) in [6, 6.07) is 0. The smallest absolute Gasteiger partial charge is 0.309 e. The number of hydrogen-bond acceptors (Lipinski definition) is 3.